The van der Waals surface area contributed by atoms with E-state index in [1.165, 1.54) is 6.33 Å². The molecule has 0 atom stereocenters. The van der Waals surface area contributed by atoms with Crippen LogP contribution in [-0.2, 0) is 7.05 Å². The normalized spacial score (nSPS) is 10.8. The Bertz CT molecular complexity index is 435. The Kier molecular flexibility index (Phi) is 1.24. The molecule has 0 aromatic carbocycles. The summed E-state index contributed by atoms with van der Waals surface area (Å²) in [5, 5.41) is 0. The molecule has 6 heteroatoms. The summed E-state index contributed by atoms with van der Waals surface area (Å²) in [5.41, 5.74) is 6.24. The van der Waals surface area contributed by atoms with E-state index < -0.39 is 6.08 Å². The third-order valence-electron chi connectivity index (χ3n) is 1.56. The van der Waals surface area contributed by atoms with Gasteiger partial charge in [0.15, 0.2) is 11.5 Å². The average molecular weight is 167 g/mol. The van der Waals surface area contributed by atoms with Crippen LogP contribution < -0.4 is 5.73 Å². The van der Waals surface area contributed by atoms with Gasteiger partial charge in [0.25, 0.3) is 0 Å². The van der Waals surface area contributed by atoms with Crippen LogP contribution >= 0.6 is 0 Å². The van der Waals surface area contributed by atoms with Crippen molar-refractivity contribution >= 4 is 17.0 Å². The molecule has 2 aromatic rings. The molecule has 0 spiro atoms. The van der Waals surface area contributed by atoms with Crippen LogP contribution in [0.1, 0.15) is 0 Å². The number of imidazole rings is 1. The van der Waals surface area contributed by atoms with E-state index in [0.717, 1.165) is 0 Å². The minimum atomic E-state index is -0.830. The third-order valence-corrected chi connectivity index (χ3v) is 1.56. The van der Waals surface area contributed by atoms with Crippen molar-refractivity contribution < 1.29 is 4.39 Å². The summed E-state index contributed by atoms with van der Waals surface area (Å²) in [4.78, 5) is 10.8. The van der Waals surface area contributed by atoms with E-state index >= 15 is 0 Å². The fourth-order valence-electron chi connectivity index (χ4n) is 1.00. The molecule has 0 amide bonds. The van der Waals surface area contributed by atoms with Gasteiger partial charge in [0.05, 0.1) is 6.33 Å². The molecule has 5 nitrogen and oxygen atoms in total. The maximum Gasteiger partial charge on any atom is 0.312 e. The summed E-state index contributed by atoms with van der Waals surface area (Å²) in [5.74, 6) is 0.0677. The van der Waals surface area contributed by atoms with Gasteiger partial charge in [-0.2, -0.15) is 14.4 Å². The number of halogens is 1. The van der Waals surface area contributed by atoms with Crippen LogP contribution in [-0.4, -0.2) is 19.5 Å². The molecule has 0 aliphatic carbocycles. The number of hydrogen-bond acceptors (Lipinski definition) is 4. The fraction of sp³-hybridized carbons (Fsp3) is 0.167. The van der Waals surface area contributed by atoms with E-state index in [4.69, 9.17) is 5.73 Å². The van der Waals surface area contributed by atoms with Crippen molar-refractivity contribution in [3.63, 3.8) is 0 Å². The van der Waals surface area contributed by atoms with Crippen molar-refractivity contribution in [2.45, 2.75) is 0 Å². The van der Waals surface area contributed by atoms with E-state index in [1.807, 2.05) is 0 Å². The molecule has 2 rings (SSSR count). The second-order valence-corrected chi connectivity index (χ2v) is 2.41. The molecule has 0 bridgehead atoms. The largest absolute Gasteiger partial charge is 0.382 e. The van der Waals surface area contributed by atoms with Crippen molar-refractivity contribution in [3.05, 3.63) is 12.4 Å². The van der Waals surface area contributed by atoms with E-state index in [9.17, 15) is 4.39 Å². The lowest BCUT2D eigenvalue weighted by molar-refractivity contribution is 0.544. The van der Waals surface area contributed by atoms with Crippen LogP contribution in [0.2, 0.25) is 0 Å². The van der Waals surface area contributed by atoms with Crippen LogP contribution in [0.3, 0.4) is 0 Å². The SMILES string of the molecule is Cn1cnc2c(N)nc(F)nc21. The van der Waals surface area contributed by atoms with Gasteiger partial charge in [0.2, 0.25) is 0 Å². The van der Waals surface area contributed by atoms with Crippen molar-refractivity contribution in [1.82, 2.24) is 19.5 Å². The molecule has 0 unspecified atom stereocenters. The summed E-state index contributed by atoms with van der Waals surface area (Å²) in [6, 6.07) is 0. The number of rotatable bonds is 0. The highest BCUT2D eigenvalue weighted by molar-refractivity contribution is 5.80. The standard InChI is InChI=1S/C6H6FN5/c1-12-2-9-3-4(8)10-6(7)11-5(3)12/h2H,1H3,(H2,8,10,11). The third kappa shape index (κ3) is 0.810. The van der Waals surface area contributed by atoms with Gasteiger partial charge in [0.1, 0.15) is 5.52 Å². The number of fused-ring (bicyclic) bond motifs is 1. The Balaban J connectivity index is 2.92. The van der Waals surface area contributed by atoms with E-state index in [0.29, 0.717) is 11.2 Å². The zero-order chi connectivity index (χ0) is 8.72. The number of nitrogens with zero attached hydrogens (tertiary/aromatic N) is 4. The van der Waals surface area contributed by atoms with E-state index in [-0.39, 0.29) is 5.82 Å². The molecule has 2 aromatic heterocycles. The molecule has 0 saturated carbocycles. The Labute approximate surface area is 67.1 Å². The van der Waals surface area contributed by atoms with Crippen LogP contribution in [0.4, 0.5) is 10.2 Å². The van der Waals surface area contributed by atoms with Crippen molar-refractivity contribution in [2.24, 2.45) is 7.05 Å². The van der Waals surface area contributed by atoms with Crippen LogP contribution in [0.5, 0.6) is 0 Å². The van der Waals surface area contributed by atoms with E-state index in [2.05, 4.69) is 15.0 Å². The topological polar surface area (TPSA) is 69.6 Å². The van der Waals surface area contributed by atoms with Gasteiger partial charge in [-0.05, 0) is 0 Å². The Hall–Kier alpha value is -1.72. The van der Waals surface area contributed by atoms with Gasteiger partial charge < -0.3 is 10.3 Å². The van der Waals surface area contributed by atoms with Gasteiger partial charge in [-0.3, -0.25) is 0 Å². The number of aryl methyl sites for hydroxylation is 1. The van der Waals surface area contributed by atoms with Crippen molar-refractivity contribution in [1.29, 1.82) is 0 Å². The highest BCUT2D eigenvalue weighted by Gasteiger charge is 2.08. The lowest BCUT2D eigenvalue weighted by Gasteiger charge is -1.94. The molecular formula is C6H6FN5. The van der Waals surface area contributed by atoms with Gasteiger partial charge in [-0.1, -0.05) is 0 Å². The number of nitrogens with two attached hydrogens (primary N) is 1. The summed E-state index contributed by atoms with van der Waals surface area (Å²) < 4.78 is 14.2. The lowest BCUT2D eigenvalue weighted by atomic mass is 10.5. The zero-order valence-corrected chi connectivity index (χ0v) is 6.32. The summed E-state index contributed by atoms with van der Waals surface area (Å²) in [6.07, 6.45) is 0.679. The molecule has 2 N–H and O–H groups in total. The molecule has 0 saturated heterocycles. The Morgan fingerprint density at radius 3 is 3.00 bits per heavy atom. The van der Waals surface area contributed by atoms with E-state index in [1.54, 1.807) is 11.6 Å². The second-order valence-electron chi connectivity index (χ2n) is 2.41. The number of aromatic nitrogens is 4. The predicted octanol–water partition coefficient (Wildman–Crippen LogP) is 0.0846. The smallest absolute Gasteiger partial charge is 0.312 e. The van der Waals surface area contributed by atoms with Gasteiger partial charge in [-0.15, -0.1) is 0 Å². The first-order valence-corrected chi connectivity index (χ1v) is 3.28. The molecule has 0 radical (unpaired) electrons. The summed E-state index contributed by atoms with van der Waals surface area (Å²) >= 11 is 0. The quantitative estimate of drug-likeness (QED) is 0.564. The van der Waals surface area contributed by atoms with Crippen molar-refractivity contribution in [2.75, 3.05) is 5.73 Å². The monoisotopic (exact) mass is 167 g/mol. The molecule has 2 heterocycles. The van der Waals surface area contributed by atoms with Crippen LogP contribution in [0, 0.1) is 6.08 Å². The molecule has 0 aliphatic rings. The number of nitrogen functional groups attached to an aromatic ring is 1. The fourth-order valence-corrected chi connectivity index (χ4v) is 1.00. The Morgan fingerprint density at radius 2 is 2.25 bits per heavy atom. The summed E-state index contributed by atoms with van der Waals surface area (Å²) in [6.45, 7) is 0. The molecule has 0 aliphatic heterocycles. The second kappa shape index (κ2) is 2.13. The van der Waals surface area contributed by atoms with Gasteiger partial charge in [0, 0.05) is 7.05 Å². The first-order valence-electron chi connectivity index (χ1n) is 3.28. The number of anilines is 1. The minimum Gasteiger partial charge on any atom is -0.382 e. The highest BCUT2D eigenvalue weighted by Crippen LogP contribution is 2.13. The first kappa shape index (κ1) is 6.96. The maximum atomic E-state index is 12.6. The average Bonchev–Trinajstić information content (AvgIpc) is 2.33. The van der Waals surface area contributed by atoms with Crippen molar-refractivity contribution in [3.8, 4) is 0 Å². The van der Waals surface area contributed by atoms with Gasteiger partial charge in [-0.25, -0.2) is 4.98 Å². The summed E-state index contributed by atoms with van der Waals surface area (Å²) in [7, 11) is 1.71. The molecule has 0 fully saturated rings. The van der Waals surface area contributed by atoms with Crippen LogP contribution in [0.15, 0.2) is 6.33 Å². The first-order chi connectivity index (χ1) is 5.68. The highest BCUT2D eigenvalue weighted by atomic mass is 19.1. The maximum absolute atomic E-state index is 12.6. The Morgan fingerprint density at radius 1 is 1.50 bits per heavy atom. The van der Waals surface area contributed by atoms with Gasteiger partial charge >= 0.3 is 6.08 Å². The van der Waals surface area contributed by atoms with Crippen LogP contribution in [0.25, 0.3) is 11.2 Å². The zero-order valence-electron chi connectivity index (χ0n) is 6.32. The number of hydrogen-bond donors (Lipinski definition) is 1. The minimum absolute atomic E-state index is 0.0677. The molecular weight excluding hydrogens is 161 g/mol. The molecule has 62 valence electrons. The molecule has 12 heavy (non-hydrogen) atoms. The lowest BCUT2D eigenvalue weighted by Crippen LogP contribution is -1.99. The predicted molar refractivity (Wildman–Crippen MR) is 40.7 cm³/mol.